The Morgan fingerprint density at radius 2 is 1.30 bits per heavy atom. The van der Waals surface area contributed by atoms with Crippen LogP contribution in [0.4, 0.5) is 11.8 Å². The number of phenols is 2. The van der Waals surface area contributed by atoms with Gasteiger partial charge in [-0.2, -0.15) is 4.98 Å². The summed E-state index contributed by atoms with van der Waals surface area (Å²) in [5.41, 5.74) is 3.28. The molecule has 1 aromatic heterocycles. The van der Waals surface area contributed by atoms with Crippen molar-refractivity contribution in [1.82, 2.24) is 9.97 Å². The molecule has 0 atom stereocenters. The molecule has 0 bridgehead atoms. The fourth-order valence-corrected chi connectivity index (χ4v) is 2.68. The fourth-order valence-electron chi connectivity index (χ4n) is 2.68. The highest BCUT2D eigenvalue weighted by Gasteiger charge is 2.04. The zero-order valence-electron chi connectivity index (χ0n) is 15.3. The molecule has 3 rings (SSSR count). The predicted octanol–water partition coefficient (Wildman–Crippen LogP) is 3.51. The summed E-state index contributed by atoms with van der Waals surface area (Å²) >= 11 is 0. The first kappa shape index (κ1) is 18.5. The molecule has 2 aromatic carbocycles. The van der Waals surface area contributed by atoms with Gasteiger partial charge in [0.15, 0.2) is 0 Å². The highest BCUT2D eigenvalue weighted by Crippen LogP contribution is 2.15. The van der Waals surface area contributed by atoms with Gasteiger partial charge in [0.1, 0.15) is 17.3 Å². The van der Waals surface area contributed by atoms with Gasteiger partial charge in [-0.15, -0.1) is 0 Å². The maximum atomic E-state index is 9.33. The lowest BCUT2D eigenvalue weighted by molar-refractivity contribution is 0.474. The van der Waals surface area contributed by atoms with Gasteiger partial charge in [-0.1, -0.05) is 24.3 Å². The van der Waals surface area contributed by atoms with Crippen LogP contribution in [0.25, 0.3) is 0 Å². The van der Waals surface area contributed by atoms with Crippen molar-refractivity contribution in [3.05, 3.63) is 71.4 Å². The van der Waals surface area contributed by atoms with Crippen LogP contribution in [-0.2, 0) is 12.8 Å². The number of phenolic OH excluding ortho intramolecular Hbond substituents is 2. The summed E-state index contributed by atoms with van der Waals surface area (Å²) in [6.45, 7) is 3.43. The lowest BCUT2D eigenvalue weighted by Gasteiger charge is -2.11. The number of hydrogen-bond donors (Lipinski definition) is 4. The molecule has 6 nitrogen and oxygen atoms in total. The van der Waals surface area contributed by atoms with Crippen molar-refractivity contribution in [2.75, 3.05) is 23.7 Å². The van der Waals surface area contributed by atoms with E-state index in [4.69, 9.17) is 0 Å². The molecule has 0 amide bonds. The van der Waals surface area contributed by atoms with Crippen LogP contribution in [-0.4, -0.2) is 33.3 Å². The Labute approximate surface area is 158 Å². The number of anilines is 2. The van der Waals surface area contributed by atoms with E-state index in [2.05, 4.69) is 20.6 Å². The lowest BCUT2D eigenvalue weighted by Crippen LogP contribution is -2.12. The van der Waals surface area contributed by atoms with Gasteiger partial charge < -0.3 is 20.8 Å². The Balaban J connectivity index is 1.50. The van der Waals surface area contributed by atoms with E-state index in [9.17, 15) is 10.2 Å². The van der Waals surface area contributed by atoms with E-state index in [1.54, 1.807) is 30.5 Å². The third-order valence-electron chi connectivity index (χ3n) is 4.25. The second kappa shape index (κ2) is 8.89. The second-order valence-electron chi connectivity index (χ2n) is 6.41. The minimum absolute atomic E-state index is 0.275. The summed E-state index contributed by atoms with van der Waals surface area (Å²) in [6.07, 6.45) is 3.47. The van der Waals surface area contributed by atoms with Gasteiger partial charge in [0.05, 0.1) is 0 Å². The molecule has 0 saturated carbocycles. The van der Waals surface area contributed by atoms with Crippen molar-refractivity contribution in [3.8, 4) is 11.5 Å². The smallest absolute Gasteiger partial charge is 0.224 e. The van der Waals surface area contributed by atoms with Crippen LogP contribution in [0.2, 0.25) is 0 Å². The average molecular weight is 364 g/mol. The highest BCUT2D eigenvalue weighted by atomic mass is 16.3. The van der Waals surface area contributed by atoms with E-state index in [0.717, 1.165) is 41.9 Å². The zero-order chi connectivity index (χ0) is 19.1. The first-order valence-corrected chi connectivity index (χ1v) is 8.97. The fraction of sp³-hybridized carbons (Fsp3) is 0.238. The third kappa shape index (κ3) is 5.60. The molecule has 0 spiro atoms. The van der Waals surface area contributed by atoms with Gasteiger partial charge in [-0.25, -0.2) is 4.98 Å². The summed E-state index contributed by atoms with van der Waals surface area (Å²) < 4.78 is 0. The van der Waals surface area contributed by atoms with Crippen LogP contribution in [0, 0.1) is 6.92 Å². The van der Waals surface area contributed by atoms with Gasteiger partial charge in [-0.3, -0.25) is 0 Å². The van der Waals surface area contributed by atoms with E-state index >= 15 is 0 Å². The minimum atomic E-state index is 0.275. The Kier molecular flexibility index (Phi) is 6.10. The van der Waals surface area contributed by atoms with Crippen molar-refractivity contribution in [2.45, 2.75) is 19.8 Å². The summed E-state index contributed by atoms with van der Waals surface area (Å²) in [6, 6.07) is 14.4. The van der Waals surface area contributed by atoms with Crippen LogP contribution in [0.5, 0.6) is 11.5 Å². The number of hydrogen-bond acceptors (Lipinski definition) is 6. The molecule has 3 aromatic rings. The van der Waals surface area contributed by atoms with Crippen LogP contribution in [0.15, 0.2) is 54.7 Å². The Morgan fingerprint density at radius 3 is 1.85 bits per heavy atom. The van der Waals surface area contributed by atoms with E-state index in [-0.39, 0.29) is 11.5 Å². The topological polar surface area (TPSA) is 90.3 Å². The van der Waals surface area contributed by atoms with Crippen LogP contribution in [0.3, 0.4) is 0 Å². The van der Waals surface area contributed by atoms with E-state index in [1.807, 2.05) is 31.2 Å². The standard InChI is InChI=1S/C21H24N4O2/c1-15-14-24-21(23-13-11-17-4-8-19(27)9-5-17)25-20(15)22-12-10-16-2-6-18(26)7-3-16/h2-9,14,26-27H,10-13H2,1H3,(H2,22,23,24,25). The van der Waals surface area contributed by atoms with E-state index in [1.165, 1.54) is 0 Å². The van der Waals surface area contributed by atoms with E-state index in [0.29, 0.717) is 12.5 Å². The molecule has 0 unspecified atom stereocenters. The highest BCUT2D eigenvalue weighted by molar-refractivity contribution is 5.46. The van der Waals surface area contributed by atoms with Gasteiger partial charge >= 0.3 is 0 Å². The molecular weight excluding hydrogens is 340 g/mol. The lowest BCUT2D eigenvalue weighted by atomic mass is 10.1. The van der Waals surface area contributed by atoms with Crippen molar-refractivity contribution in [2.24, 2.45) is 0 Å². The van der Waals surface area contributed by atoms with Crippen LogP contribution >= 0.6 is 0 Å². The maximum Gasteiger partial charge on any atom is 0.224 e. The summed E-state index contributed by atoms with van der Waals surface area (Å²) in [5.74, 6) is 1.96. The number of nitrogens with zero attached hydrogens (tertiary/aromatic N) is 2. The molecule has 0 aliphatic rings. The predicted molar refractivity (Wildman–Crippen MR) is 107 cm³/mol. The summed E-state index contributed by atoms with van der Waals surface area (Å²) in [5, 5.41) is 25.2. The Bertz CT molecular complexity index is 864. The van der Waals surface area contributed by atoms with E-state index < -0.39 is 0 Å². The molecule has 0 fully saturated rings. The van der Waals surface area contributed by atoms with Crippen molar-refractivity contribution in [1.29, 1.82) is 0 Å². The monoisotopic (exact) mass is 364 g/mol. The first-order valence-electron chi connectivity index (χ1n) is 8.97. The average Bonchev–Trinajstić information content (AvgIpc) is 2.67. The minimum Gasteiger partial charge on any atom is -0.508 e. The van der Waals surface area contributed by atoms with Gasteiger partial charge in [0, 0.05) is 24.8 Å². The largest absolute Gasteiger partial charge is 0.508 e. The molecule has 0 saturated heterocycles. The number of aromatic hydroxyl groups is 2. The molecule has 4 N–H and O–H groups in total. The normalized spacial score (nSPS) is 10.6. The van der Waals surface area contributed by atoms with Gasteiger partial charge in [0.2, 0.25) is 5.95 Å². The molecule has 6 heteroatoms. The van der Waals surface area contributed by atoms with Crippen molar-refractivity contribution >= 4 is 11.8 Å². The molecule has 140 valence electrons. The second-order valence-corrected chi connectivity index (χ2v) is 6.41. The number of aryl methyl sites for hydroxylation is 1. The number of rotatable bonds is 8. The number of benzene rings is 2. The number of nitrogens with one attached hydrogen (secondary N) is 2. The Hall–Kier alpha value is -3.28. The van der Waals surface area contributed by atoms with Crippen molar-refractivity contribution in [3.63, 3.8) is 0 Å². The van der Waals surface area contributed by atoms with Gasteiger partial charge in [-0.05, 0) is 55.2 Å². The molecule has 0 aliphatic carbocycles. The molecule has 0 radical (unpaired) electrons. The molecular formula is C21H24N4O2. The summed E-state index contributed by atoms with van der Waals surface area (Å²) in [7, 11) is 0. The van der Waals surface area contributed by atoms with Gasteiger partial charge in [0.25, 0.3) is 0 Å². The molecule has 0 aliphatic heterocycles. The van der Waals surface area contributed by atoms with Crippen molar-refractivity contribution < 1.29 is 10.2 Å². The maximum absolute atomic E-state index is 9.33. The first-order chi connectivity index (χ1) is 13.1. The van der Waals surface area contributed by atoms with Crippen LogP contribution < -0.4 is 10.6 Å². The molecule has 1 heterocycles. The zero-order valence-corrected chi connectivity index (χ0v) is 15.3. The third-order valence-corrected chi connectivity index (χ3v) is 4.25. The summed E-state index contributed by atoms with van der Waals surface area (Å²) in [4.78, 5) is 8.88. The van der Waals surface area contributed by atoms with Crippen LogP contribution in [0.1, 0.15) is 16.7 Å². The number of aromatic nitrogens is 2. The quantitative estimate of drug-likeness (QED) is 0.489. The Morgan fingerprint density at radius 1 is 0.778 bits per heavy atom. The molecule has 27 heavy (non-hydrogen) atoms. The SMILES string of the molecule is Cc1cnc(NCCc2ccc(O)cc2)nc1NCCc1ccc(O)cc1.